The summed E-state index contributed by atoms with van der Waals surface area (Å²) in [6.45, 7) is 3.98. The Morgan fingerprint density at radius 2 is 1.79 bits per heavy atom. The molecule has 1 aromatic carbocycles. The topological polar surface area (TPSA) is 86.0 Å². The lowest BCUT2D eigenvalue weighted by atomic mass is 9.95. The highest BCUT2D eigenvalue weighted by molar-refractivity contribution is 6.03. The van der Waals surface area contributed by atoms with E-state index in [1.54, 1.807) is 13.2 Å². The summed E-state index contributed by atoms with van der Waals surface area (Å²) in [7, 11) is 3.00. The first-order valence-corrected chi connectivity index (χ1v) is 9.84. The normalized spacial score (nSPS) is 12.1. The van der Waals surface area contributed by atoms with Crippen LogP contribution >= 0.6 is 0 Å². The predicted molar refractivity (Wildman–Crippen MR) is 114 cm³/mol. The molecule has 0 aliphatic heterocycles. The highest BCUT2D eigenvalue weighted by atomic mass is 16.2. The number of hydrogen-bond acceptors (Lipinski definition) is 4. The van der Waals surface area contributed by atoms with Crippen LogP contribution in [0.5, 0.6) is 0 Å². The van der Waals surface area contributed by atoms with E-state index in [1.165, 1.54) is 11.6 Å². The number of anilines is 1. The Labute approximate surface area is 169 Å². The third-order valence-corrected chi connectivity index (χ3v) is 5.24. The fourth-order valence-corrected chi connectivity index (χ4v) is 3.64. The summed E-state index contributed by atoms with van der Waals surface area (Å²) < 4.78 is 2.38. The van der Waals surface area contributed by atoms with Gasteiger partial charge in [-0.1, -0.05) is 50.6 Å². The molecule has 1 N–H and O–H groups in total. The zero-order chi connectivity index (χ0) is 21.1. The zero-order valence-corrected chi connectivity index (χ0v) is 17.2. The van der Waals surface area contributed by atoms with Crippen molar-refractivity contribution in [3.05, 3.63) is 68.5 Å². The van der Waals surface area contributed by atoms with Crippen molar-refractivity contribution < 1.29 is 4.79 Å². The first kappa shape index (κ1) is 20.5. The highest BCUT2D eigenvalue weighted by Crippen LogP contribution is 2.27. The van der Waals surface area contributed by atoms with Gasteiger partial charge in [-0.2, -0.15) is 0 Å². The van der Waals surface area contributed by atoms with Crippen molar-refractivity contribution in [2.75, 3.05) is 5.32 Å². The largest absolute Gasteiger partial charge is 0.332 e. The third-order valence-electron chi connectivity index (χ3n) is 5.24. The minimum absolute atomic E-state index is 0.181. The van der Waals surface area contributed by atoms with Crippen LogP contribution < -0.4 is 16.6 Å². The molecule has 1 unspecified atom stereocenters. The van der Waals surface area contributed by atoms with Gasteiger partial charge in [0.2, 0.25) is 5.91 Å². The number of rotatable bonds is 6. The second-order valence-corrected chi connectivity index (χ2v) is 7.17. The van der Waals surface area contributed by atoms with Gasteiger partial charge in [-0.25, -0.2) is 9.78 Å². The molecule has 0 saturated heterocycles. The van der Waals surface area contributed by atoms with E-state index in [0.717, 1.165) is 22.1 Å². The number of amides is 1. The number of aryl methyl sites for hydroxylation is 2. The summed E-state index contributed by atoms with van der Waals surface area (Å²) in [5.41, 5.74) is 1.51. The average Bonchev–Trinajstić information content (AvgIpc) is 2.73. The predicted octanol–water partition coefficient (Wildman–Crippen LogP) is 2.72. The van der Waals surface area contributed by atoms with E-state index < -0.39 is 11.2 Å². The maximum absolute atomic E-state index is 13.2. The second kappa shape index (κ2) is 8.43. The van der Waals surface area contributed by atoms with Crippen molar-refractivity contribution in [3.63, 3.8) is 0 Å². The van der Waals surface area contributed by atoms with Crippen LogP contribution in [-0.2, 0) is 25.3 Å². The Balaban J connectivity index is 2.19. The van der Waals surface area contributed by atoms with Crippen LogP contribution in [0.2, 0.25) is 0 Å². The van der Waals surface area contributed by atoms with Gasteiger partial charge in [-0.05, 0) is 24.0 Å². The molecule has 7 nitrogen and oxygen atoms in total. The van der Waals surface area contributed by atoms with Gasteiger partial charge in [0.15, 0.2) is 5.65 Å². The van der Waals surface area contributed by atoms with E-state index in [0.29, 0.717) is 18.5 Å². The smallest absolute Gasteiger partial charge is 0.324 e. The molecule has 0 fully saturated rings. The van der Waals surface area contributed by atoms with Crippen LogP contribution in [0.4, 0.5) is 5.69 Å². The summed E-state index contributed by atoms with van der Waals surface area (Å²) in [6, 6.07) is 9.57. The summed E-state index contributed by atoms with van der Waals surface area (Å²) in [6.07, 6.45) is 3.76. The molecule has 1 atom stereocenters. The molecule has 7 heteroatoms. The molecular formula is C22H26N4O3. The monoisotopic (exact) mass is 394 g/mol. The van der Waals surface area contributed by atoms with Gasteiger partial charge in [0.25, 0.3) is 5.56 Å². The van der Waals surface area contributed by atoms with Gasteiger partial charge in [0, 0.05) is 20.3 Å². The van der Waals surface area contributed by atoms with E-state index in [9.17, 15) is 14.4 Å². The van der Waals surface area contributed by atoms with Crippen LogP contribution in [0, 0.1) is 0 Å². The third kappa shape index (κ3) is 3.72. The summed E-state index contributed by atoms with van der Waals surface area (Å²) in [4.78, 5) is 42.7. The number of nitrogens with one attached hydrogen (secondary N) is 1. The van der Waals surface area contributed by atoms with Gasteiger partial charge < -0.3 is 5.32 Å². The quantitative estimate of drug-likeness (QED) is 0.697. The van der Waals surface area contributed by atoms with Gasteiger partial charge >= 0.3 is 5.69 Å². The first-order valence-electron chi connectivity index (χ1n) is 9.84. The molecule has 2 heterocycles. The van der Waals surface area contributed by atoms with E-state index in [-0.39, 0.29) is 22.9 Å². The fraction of sp³-hybridized carbons (Fsp3) is 0.364. The fourth-order valence-electron chi connectivity index (χ4n) is 3.64. The Morgan fingerprint density at radius 3 is 2.41 bits per heavy atom. The number of pyridine rings is 1. The number of fused-ring (bicyclic) bond motifs is 1. The summed E-state index contributed by atoms with van der Waals surface area (Å²) in [5, 5.41) is 3.26. The van der Waals surface area contributed by atoms with Gasteiger partial charge in [-0.15, -0.1) is 0 Å². The molecule has 0 bridgehead atoms. The lowest BCUT2D eigenvalue weighted by Gasteiger charge is -2.19. The number of nitrogens with zero attached hydrogens (tertiary/aromatic N) is 3. The second-order valence-electron chi connectivity index (χ2n) is 7.17. The first-order chi connectivity index (χ1) is 13.9. The standard InChI is InChI=1S/C22H26N4O3/c1-5-10-15-13-23-19-17(21(28)26(4)22(29)25(19)3)18(15)24-20(27)16(6-2)14-11-8-7-9-12-14/h7-9,11-13,16H,5-6,10H2,1-4H3,(H,23,24,27). The maximum Gasteiger partial charge on any atom is 0.332 e. The molecule has 3 rings (SSSR count). The number of carbonyl (C=O) groups is 1. The highest BCUT2D eigenvalue weighted by Gasteiger charge is 2.23. The van der Waals surface area contributed by atoms with Crippen LogP contribution in [0.3, 0.4) is 0 Å². The molecule has 1 amide bonds. The molecule has 0 aliphatic carbocycles. The van der Waals surface area contributed by atoms with Crippen molar-refractivity contribution >= 4 is 22.6 Å². The summed E-state index contributed by atoms with van der Waals surface area (Å²) >= 11 is 0. The number of aromatic nitrogens is 3. The Hall–Kier alpha value is -3.22. The molecule has 0 radical (unpaired) electrons. The molecule has 3 aromatic rings. The van der Waals surface area contributed by atoms with Crippen LogP contribution in [0.1, 0.15) is 43.7 Å². The Kier molecular flexibility index (Phi) is 5.96. The van der Waals surface area contributed by atoms with Gasteiger partial charge in [0.05, 0.1) is 11.6 Å². The van der Waals surface area contributed by atoms with Gasteiger partial charge in [-0.3, -0.25) is 18.7 Å². The number of carbonyl (C=O) groups excluding carboxylic acids is 1. The van der Waals surface area contributed by atoms with Crippen molar-refractivity contribution in [3.8, 4) is 0 Å². The van der Waals surface area contributed by atoms with E-state index in [1.807, 2.05) is 44.2 Å². The van der Waals surface area contributed by atoms with Crippen LogP contribution in [0.15, 0.2) is 46.1 Å². The molecule has 152 valence electrons. The van der Waals surface area contributed by atoms with Crippen LogP contribution in [0.25, 0.3) is 11.0 Å². The minimum atomic E-state index is -0.461. The lowest BCUT2D eigenvalue weighted by Crippen LogP contribution is -2.38. The summed E-state index contributed by atoms with van der Waals surface area (Å²) in [5.74, 6) is -0.523. The number of benzene rings is 1. The Bertz CT molecular complexity index is 1160. The number of hydrogen-bond donors (Lipinski definition) is 1. The molecule has 0 saturated carbocycles. The van der Waals surface area contributed by atoms with Crippen molar-refractivity contribution in [1.82, 2.24) is 14.1 Å². The minimum Gasteiger partial charge on any atom is -0.324 e. The van der Waals surface area contributed by atoms with Crippen molar-refractivity contribution in [1.29, 1.82) is 0 Å². The maximum atomic E-state index is 13.2. The molecule has 0 spiro atoms. The SMILES string of the molecule is CCCc1cnc2c(c1NC(=O)C(CC)c1ccccc1)c(=O)n(C)c(=O)n2C. The lowest BCUT2D eigenvalue weighted by molar-refractivity contribution is -0.117. The Morgan fingerprint density at radius 1 is 1.10 bits per heavy atom. The van der Waals surface area contributed by atoms with E-state index in [4.69, 9.17) is 0 Å². The molecule has 29 heavy (non-hydrogen) atoms. The zero-order valence-electron chi connectivity index (χ0n) is 17.2. The van der Waals surface area contributed by atoms with Gasteiger partial charge in [0.1, 0.15) is 5.39 Å². The van der Waals surface area contributed by atoms with E-state index in [2.05, 4.69) is 10.3 Å². The average molecular weight is 394 g/mol. The van der Waals surface area contributed by atoms with E-state index >= 15 is 0 Å². The molecule has 0 aliphatic rings. The van der Waals surface area contributed by atoms with Crippen molar-refractivity contribution in [2.24, 2.45) is 14.1 Å². The molecular weight excluding hydrogens is 368 g/mol. The molecule has 2 aromatic heterocycles. The van der Waals surface area contributed by atoms with Crippen LogP contribution in [-0.4, -0.2) is 20.0 Å². The van der Waals surface area contributed by atoms with Crippen molar-refractivity contribution in [2.45, 2.75) is 39.0 Å².